The molecule has 0 fully saturated rings. The number of carbonyl (C=O) groups excluding carboxylic acids is 1. The highest BCUT2D eigenvalue weighted by Crippen LogP contribution is 2.09. The van der Waals surface area contributed by atoms with Crippen LogP contribution in [-0.2, 0) is 0 Å². The van der Waals surface area contributed by atoms with E-state index in [2.05, 4.69) is 15.6 Å². The van der Waals surface area contributed by atoms with Crippen molar-refractivity contribution >= 4 is 17.6 Å². The fourth-order valence-corrected chi connectivity index (χ4v) is 1.95. The molecule has 2 amide bonds. The van der Waals surface area contributed by atoms with Crippen LogP contribution in [0.25, 0.3) is 0 Å². The first-order valence-electron chi connectivity index (χ1n) is 6.92. The number of unbranched alkanes of at least 4 members (excludes halogenated alkanes) is 1. The molecule has 0 bridgehead atoms. The fraction of sp³-hybridized carbons (Fsp3) is 0.615. The zero-order valence-corrected chi connectivity index (χ0v) is 13.0. The molecule has 3 N–H and O–H groups in total. The molecule has 0 aromatic carbocycles. The third-order valence-corrected chi connectivity index (χ3v) is 3.18. The Morgan fingerprint density at radius 1 is 1.48 bits per heavy atom. The van der Waals surface area contributed by atoms with Gasteiger partial charge in [-0.2, -0.15) is 0 Å². The average Bonchev–Trinajstić information content (AvgIpc) is 2.45. The monoisotopic (exact) mass is 316 g/mol. The summed E-state index contributed by atoms with van der Waals surface area (Å²) in [7, 11) is 0. The number of H-pyrrole nitrogens is 1. The van der Waals surface area contributed by atoms with Gasteiger partial charge in [0.15, 0.2) is 0 Å². The molecule has 0 saturated heterocycles. The number of aromatic nitrogens is 2. The van der Waals surface area contributed by atoms with Crippen LogP contribution < -0.4 is 21.9 Å². The second-order valence-electron chi connectivity index (χ2n) is 4.73. The highest BCUT2D eigenvalue weighted by molar-refractivity contribution is 6.18. The Morgan fingerprint density at radius 3 is 2.81 bits per heavy atom. The number of aromatic amines is 1. The van der Waals surface area contributed by atoms with Crippen molar-refractivity contribution in [1.82, 2.24) is 20.2 Å². The Morgan fingerprint density at radius 2 is 2.19 bits per heavy atom. The minimum Gasteiger partial charge on any atom is -0.337 e. The van der Waals surface area contributed by atoms with Crippen molar-refractivity contribution in [2.24, 2.45) is 0 Å². The van der Waals surface area contributed by atoms with Crippen molar-refractivity contribution in [3.05, 3.63) is 32.6 Å². The minimum absolute atomic E-state index is 0.310. The number of rotatable bonds is 7. The zero-order valence-electron chi connectivity index (χ0n) is 12.2. The SMILES string of the molecule is CCCCC(NC(=O)NCCCl)n1cc(C)c(=O)[nH]c1=O. The molecule has 1 atom stereocenters. The summed E-state index contributed by atoms with van der Waals surface area (Å²) < 4.78 is 1.34. The summed E-state index contributed by atoms with van der Waals surface area (Å²) in [6, 6.07) is -0.396. The molecular formula is C13H21ClN4O3. The summed E-state index contributed by atoms with van der Waals surface area (Å²) in [5.74, 6) is 0.310. The standard InChI is InChI=1S/C13H21ClN4O3/c1-3-4-5-10(16-12(20)15-7-6-14)18-8-9(2)11(19)17-13(18)21/h8,10H,3-7H2,1-2H3,(H2,15,16,20)(H,17,19,21). The van der Waals surface area contributed by atoms with Crippen LogP contribution in [0.15, 0.2) is 15.8 Å². The lowest BCUT2D eigenvalue weighted by Crippen LogP contribution is -2.45. The number of alkyl halides is 1. The third-order valence-electron chi connectivity index (χ3n) is 2.99. The summed E-state index contributed by atoms with van der Waals surface area (Å²) >= 11 is 5.51. The molecule has 0 spiro atoms. The molecule has 7 nitrogen and oxygen atoms in total. The highest BCUT2D eigenvalue weighted by atomic mass is 35.5. The van der Waals surface area contributed by atoms with E-state index in [0.717, 1.165) is 12.8 Å². The predicted octanol–water partition coefficient (Wildman–Crippen LogP) is 1.07. The molecule has 1 aromatic rings. The number of amides is 2. The first-order chi connectivity index (χ1) is 9.99. The minimum atomic E-state index is -0.538. The van der Waals surface area contributed by atoms with Crippen molar-refractivity contribution in [3.63, 3.8) is 0 Å². The number of halogens is 1. The summed E-state index contributed by atoms with van der Waals surface area (Å²) in [6.45, 7) is 3.97. The van der Waals surface area contributed by atoms with Crippen LogP contribution in [0.2, 0.25) is 0 Å². The quantitative estimate of drug-likeness (QED) is 0.657. The highest BCUT2D eigenvalue weighted by Gasteiger charge is 2.15. The summed E-state index contributed by atoms with van der Waals surface area (Å²) in [4.78, 5) is 37.3. The molecule has 0 aliphatic rings. The predicted molar refractivity (Wildman–Crippen MR) is 81.9 cm³/mol. The van der Waals surface area contributed by atoms with Crippen molar-refractivity contribution in [2.75, 3.05) is 12.4 Å². The van der Waals surface area contributed by atoms with Crippen LogP contribution in [0.3, 0.4) is 0 Å². The number of hydrogen-bond donors (Lipinski definition) is 3. The van der Waals surface area contributed by atoms with Gasteiger partial charge in [-0.25, -0.2) is 9.59 Å². The van der Waals surface area contributed by atoms with E-state index in [1.54, 1.807) is 6.92 Å². The maximum absolute atomic E-state index is 11.9. The van der Waals surface area contributed by atoms with E-state index in [9.17, 15) is 14.4 Å². The summed E-state index contributed by atoms with van der Waals surface area (Å²) in [6.07, 6.45) is 3.31. The lowest BCUT2D eigenvalue weighted by molar-refractivity contribution is 0.229. The van der Waals surface area contributed by atoms with Crippen molar-refractivity contribution in [3.8, 4) is 0 Å². The van der Waals surface area contributed by atoms with E-state index in [4.69, 9.17) is 11.6 Å². The maximum atomic E-state index is 11.9. The number of urea groups is 1. The van der Waals surface area contributed by atoms with Crippen LogP contribution in [0.4, 0.5) is 4.79 Å². The number of aryl methyl sites for hydroxylation is 1. The molecule has 1 heterocycles. The second kappa shape index (κ2) is 8.51. The largest absolute Gasteiger partial charge is 0.337 e. The normalized spacial score (nSPS) is 12.0. The van der Waals surface area contributed by atoms with Gasteiger partial charge in [-0.05, 0) is 19.8 Å². The van der Waals surface area contributed by atoms with Crippen LogP contribution >= 0.6 is 11.6 Å². The molecule has 0 aliphatic heterocycles. The van der Waals surface area contributed by atoms with Crippen molar-refractivity contribution in [1.29, 1.82) is 0 Å². The smallest absolute Gasteiger partial charge is 0.330 e. The molecular weight excluding hydrogens is 296 g/mol. The zero-order chi connectivity index (χ0) is 15.8. The fourth-order valence-electron chi connectivity index (χ4n) is 1.86. The molecule has 21 heavy (non-hydrogen) atoms. The van der Waals surface area contributed by atoms with Crippen LogP contribution in [0.1, 0.15) is 37.9 Å². The van der Waals surface area contributed by atoms with Gasteiger partial charge in [-0.15, -0.1) is 11.6 Å². The van der Waals surface area contributed by atoms with E-state index in [-0.39, 0.29) is 0 Å². The number of hydrogen-bond acceptors (Lipinski definition) is 3. The molecule has 0 aliphatic carbocycles. The van der Waals surface area contributed by atoms with Gasteiger partial charge in [-0.3, -0.25) is 14.3 Å². The lowest BCUT2D eigenvalue weighted by Gasteiger charge is -2.21. The Hall–Kier alpha value is -1.76. The van der Waals surface area contributed by atoms with E-state index >= 15 is 0 Å². The van der Waals surface area contributed by atoms with E-state index in [1.807, 2.05) is 6.92 Å². The van der Waals surface area contributed by atoms with E-state index in [1.165, 1.54) is 10.8 Å². The first kappa shape index (κ1) is 17.3. The van der Waals surface area contributed by atoms with Gasteiger partial charge in [-0.1, -0.05) is 13.3 Å². The van der Waals surface area contributed by atoms with Gasteiger partial charge in [0.1, 0.15) is 6.17 Å². The average molecular weight is 317 g/mol. The second-order valence-corrected chi connectivity index (χ2v) is 5.10. The molecule has 1 rings (SSSR count). The molecule has 118 valence electrons. The van der Waals surface area contributed by atoms with Crippen molar-refractivity contribution in [2.45, 2.75) is 39.3 Å². The molecule has 0 radical (unpaired) electrons. The van der Waals surface area contributed by atoms with Gasteiger partial charge in [0, 0.05) is 24.2 Å². The van der Waals surface area contributed by atoms with Gasteiger partial charge in [0.25, 0.3) is 5.56 Å². The number of nitrogens with zero attached hydrogens (tertiary/aromatic N) is 1. The third kappa shape index (κ3) is 5.26. The molecule has 1 aromatic heterocycles. The van der Waals surface area contributed by atoms with Crippen LogP contribution in [-0.4, -0.2) is 28.0 Å². The van der Waals surface area contributed by atoms with E-state index < -0.39 is 23.4 Å². The van der Waals surface area contributed by atoms with Gasteiger partial charge in [0.05, 0.1) is 0 Å². The topological polar surface area (TPSA) is 96.0 Å². The Kier molecular flexibility index (Phi) is 7.01. The Labute approximate surface area is 127 Å². The lowest BCUT2D eigenvalue weighted by atomic mass is 10.2. The van der Waals surface area contributed by atoms with Gasteiger partial charge >= 0.3 is 11.7 Å². The Balaban J connectivity index is 2.96. The van der Waals surface area contributed by atoms with Crippen LogP contribution in [0.5, 0.6) is 0 Å². The van der Waals surface area contributed by atoms with Gasteiger partial charge in [0.2, 0.25) is 0 Å². The molecule has 1 unspecified atom stereocenters. The van der Waals surface area contributed by atoms with Gasteiger partial charge < -0.3 is 10.6 Å². The van der Waals surface area contributed by atoms with E-state index in [0.29, 0.717) is 24.4 Å². The summed E-state index contributed by atoms with van der Waals surface area (Å²) in [5.41, 5.74) is -0.541. The van der Waals surface area contributed by atoms with Crippen LogP contribution in [0, 0.1) is 6.92 Å². The molecule has 0 saturated carbocycles. The summed E-state index contributed by atoms with van der Waals surface area (Å²) in [5, 5.41) is 5.31. The number of carbonyl (C=O) groups is 1. The maximum Gasteiger partial charge on any atom is 0.330 e. The first-order valence-corrected chi connectivity index (χ1v) is 7.45. The van der Waals surface area contributed by atoms with Crippen molar-refractivity contribution < 1.29 is 4.79 Å². The Bertz CT molecular complexity index is 582. The number of nitrogens with one attached hydrogen (secondary N) is 3. The molecule has 8 heteroatoms.